The molecule has 1 unspecified atom stereocenters. The first-order valence-electron chi connectivity index (χ1n) is 21.6. The number of para-hydroxylation sites is 1. The summed E-state index contributed by atoms with van der Waals surface area (Å²) in [5.41, 5.74) is 6.34. The number of alkyl halides is 2. The van der Waals surface area contributed by atoms with E-state index in [2.05, 4.69) is 20.2 Å². The molecule has 64 heavy (non-hydrogen) atoms. The number of fused-ring (bicyclic) bond motifs is 2. The Morgan fingerprint density at radius 3 is 2.25 bits per heavy atom. The molecule has 7 heterocycles. The molecule has 4 amide bonds. The molecule has 3 N–H and O–H groups in total. The molecule has 19 heteroatoms. The number of likely N-dealkylation sites (tertiary alicyclic amines) is 2. The highest BCUT2D eigenvalue weighted by atomic mass is 19.3. The third kappa shape index (κ3) is 7.35. The van der Waals surface area contributed by atoms with Gasteiger partial charge in [0.25, 0.3) is 17.7 Å². The Hall–Kier alpha value is -6.60. The Labute approximate surface area is 364 Å². The van der Waals surface area contributed by atoms with E-state index in [1.54, 1.807) is 29.2 Å². The standard InChI is InChI=1S/C45H45F3N10O6/c46-33-20-31-32(43(62)57(42(31)61)34-10-11-37(59)52-41(34)60)21-35(33)55-22-28(23-55)54-18-13-26(14-19-54)12-16-53-17-15-36(45(47,48)24-53)58-40-38(39(49)50-25-51-40)56(44(58)63)27-6-8-30(9-7-27)64-29-4-2-1-3-5-29/h1-9,20-21,25-26,28,34,36H,10-19,22-24H2,(H2,49,50,51)(H,52,59,60)/t34?,36-/m1/s1. The van der Waals surface area contributed by atoms with Gasteiger partial charge in [-0.05, 0) is 106 Å². The fraction of sp³-hybridized carbons (Fsp3) is 0.400. The van der Waals surface area contributed by atoms with Crippen molar-refractivity contribution >= 4 is 46.3 Å². The molecule has 0 radical (unpaired) electrons. The molecule has 0 saturated carbocycles. The first-order chi connectivity index (χ1) is 30.8. The van der Waals surface area contributed by atoms with Gasteiger partial charge in [-0.15, -0.1) is 0 Å². The van der Waals surface area contributed by atoms with Crippen molar-refractivity contribution in [1.82, 2.24) is 39.1 Å². The average Bonchev–Trinajstić information content (AvgIpc) is 3.68. The first kappa shape index (κ1) is 41.4. The van der Waals surface area contributed by atoms with Crippen LogP contribution in [0.5, 0.6) is 11.5 Å². The van der Waals surface area contributed by atoms with Gasteiger partial charge in [0.1, 0.15) is 41.2 Å². The molecule has 5 aliphatic heterocycles. The predicted molar refractivity (Wildman–Crippen MR) is 227 cm³/mol. The maximum absolute atomic E-state index is 16.2. The van der Waals surface area contributed by atoms with E-state index in [0.29, 0.717) is 49.3 Å². The van der Waals surface area contributed by atoms with Gasteiger partial charge in [-0.25, -0.2) is 27.9 Å². The Balaban J connectivity index is 0.732. The van der Waals surface area contributed by atoms with Crippen LogP contribution < -0.4 is 26.4 Å². The van der Waals surface area contributed by atoms with Crippen molar-refractivity contribution in [2.45, 2.75) is 62.6 Å². The number of ether oxygens (including phenoxy) is 1. The SMILES string of the molecule is Nc1ncnc2c1n(-c1ccc(Oc3ccccc3)cc1)c(=O)n2[C@@H]1CCN(CCC2CCN(C3CN(c4cc5c(cc4F)C(=O)N(C4CCC(=O)NC4=O)C5=O)C3)CC2)CC1(F)F. The Bertz CT molecular complexity index is 2730. The molecule has 10 rings (SSSR count). The lowest BCUT2D eigenvalue weighted by Crippen LogP contribution is -2.61. The van der Waals surface area contributed by atoms with E-state index < -0.39 is 59.7 Å². The van der Waals surface area contributed by atoms with E-state index in [-0.39, 0.29) is 59.1 Å². The number of amides is 4. The zero-order chi connectivity index (χ0) is 44.4. The van der Waals surface area contributed by atoms with Crippen molar-refractivity contribution in [3.05, 3.63) is 100 Å². The lowest BCUT2D eigenvalue weighted by molar-refractivity contribution is -0.136. The van der Waals surface area contributed by atoms with Crippen molar-refractivity contribution in [1.29, 1.82) is 0 Å². The smallest absolute Gasteiger partial charge is 0.335 e. The van der Waals surface area contributed by atoms with Gasteiger partial charge in [0.15, 0.2) is 11.5 Å². The molecule has 0 aliphatic carbocycles. The van der Waals surface area contributed by atoms with Crippen LogP contribution in [-0.4, -0.2) is 121 Å². The van der Waals surface area contributed by atoms with Crippen LogP contribution in [-0.2, 0) is 9.59 Å². The highest BCUT2D eigenvalue weighted by Crippen LogP contribution is 2.40. The number of carbonyl (C=O) groups excluding carboxylic acids is 4. The van der Waals surface area contributed by atoms with Crippen LogP contribution in [0.15, 0.2) is 77.9 Å². The number of nitrogen functional groups attached to an aromatic ring is 1. The summed E-state index contributed by atoms with van der Waals surface area (Å²) in [5.74, 6) is -5.02. The molecule has 2 atom stereocenters. The molecule has 4 saturated heterocycles. The van der Waals surface area contributed by atoms with Crippen LogP contribution in [0.4, 0.5) is 24.7 Å². The minimum Gasteiger partial charge on any atom is -0.457 e. The van der Waals surface area contributed by atoms with E-state index >= 15 is 13.2 Å². The number of hydrogen-bond acceptors (Lipinski definition) is 12. The third-order valence-corrected chi connectivity index (χ3v) is 13.4. The number of rotatable bonds is 10. The first-order valence-corrected chi connectivity index (χ1v) is 21.6. The lowest BCUT2D eigenvalue weighted by Gasteiger charge is -2.49. The highest BCUT2D eigenvalue weighted by molar-refractivity contribution is 6.23. The van der Waals surface area contributed by atoms with Crippen molar-refractivity contribution in [3.8, 4) is 17.2 Å². The number of nitrogens with two attached hydrogens (primary N) is 1. The van der Waals surface area contributed by atoms with E-state index in [1.165, 1.54) is 17.0 Å². The summed E-state index contributed by atoms with van der Waals surface area (Å²) in [7, 11) is 0. The minimum atomic E-state index is -3.25. The molecule has 2 aromatic heterocycles. The summed E-state index contributed by atoms with van der Waals surface area (Å²) in [6.07, 6.45) is 3.74. The number of carbonyl (C=O) groups is 4. The van der Waals surface area contributed by atoms with Crippen LogP contribution in [0.3, 0.4) is 0 Å². The maximum Gasteiger partial charge on any atom is 0.335 e. The Kier molecular flexibility index (Phi) is 10.5. The summed E-state index contributed by atoms with van der Waals surface area (Å²) in [4.78, 5) is 79.7. The monoisotopic (exact) mass is 878 g/mol. The molecule has 0 bridgehead atoms. The van der Waals surface area contributed by atoms with Crippen molar-refractivity contribution in [2.75, 3.05) is 56.4 Å². The summed E-state index contributed by atoms with van der Waals surface area (Å²) in [6.45, 7) is 3.03. The van der Waals surface area contributed by atoms with Crippen LogP contribution in [0.2, 0.25) is 0 Å². The summed E-state index contributed by atoms with van der Waals surface area (Å²) in [6, 6.07) is 15.9. The normalized spacial score (nSPS) is 22.2. The van der Waals surface area contributed by atoms with E-state index in [1.807, 2.05) is 35.2 Å². The van der Waals surface area contributed by atoms with Crippen LogP contribution >= 0.6 is 0 Å². The molecule has 3 aromatic carbocycles. The largest absolute Gasteiger partial charge is 0.457 e. The fourth-order valence-electron chi connectivity index (χ4n) is 9.96. The Morgan fingerprint density at radius 1 is 0.844 bits per heavy atom. The second-order valence-electron chi connectivity index (χ2n) is 17.3. The number of halogens is 3. The van der Waals surface area contributed by atoms with E-state index in [4.69, 9.17) is 10.5 Å². The zero-order valence-electron chi connectivity index (χ0n) is 34.7. The van der Waals surface area contributed by atoms with E-state index in [9.17, 15) is 24.0 Å². The summed E-state index contributed by atoms with van der Waals surface area (Å²) >= 11 is 0. The van der Waals surface area contributed by atoms with Crippen LogP contribution in [0.1, 0.15) is 65.3 Å². The molecule has 5 aliphatic rings. The third-order valence-electron chi connectivity index (χ3n) is 13.4. The van der Waals surface area contributed by atoms with Crippen molar-refractivity contribution < 1.29 is 37.1 Å². The molecule has 5 aromatic rings. The lowest BCUT2D eigenvalue weighted by atomic mass is 9.90. The van der Waals surface area contributed by atoms with E-state index in [0.717, 1.165) is 47.9 Å². The quantitative estimate of drug-likeness (QED) is 0.190. The van der Waals surface area contributed by atoms with Crippen LogP contribution in [0, 0.1) is 11.7 Å². The van der Waals surface area contributed by atoms with Gasteiger partial charge >= 0.3 is 5.69 Å². The minimum absolute atomic E-state index is 0.00195. The number of nitrogens with zero attached hydrogens (tertiary/aromatic N) is 8. The van der Waals surface area contributed by atoms with Gasteiger partial charge in [-0.3, -0.25) is 48.3 Å². The molecule has 332 valence electrons. The molecule has 16 nitrogen and oxygen atoms in total. The fourth-order valence-corrected chi connectivity index (χ4v) is 9.96. The van der Waals surface area contributed by atoms with Gasteiger partial charge < -0.3 is 15.4 Å². The number of aromatic nitrogens is 4. The number of imide groups is 2. The molecule has 4 fully saturated rings. The summed E-state index contributed by atoms with van der Waals surface area (Å²) < 4.78 is 56.1. The number of nitrogens with one attached hydrogen (secondary N) is 1. The predicted octanol–water partition coefficient (Wildman–Crippen LogP) is 4.37. The van der Waals surface area contributed by atoms with Gasteiger partial charge in [-0.2, -0.15) is 0 Å². The number of benzene rings is 3. The topological polar surface area (TPSA) is 181 Å². The molecule has 0 spiro atoms. The number of imidazole rings is 1. The van der Waals surface area contributed by atoms with Crippen molar-refractivity contribution in [3.63, 3.8) is 0 Å². The van der Waals surface area contributed by atoms with Gasteiger partial charge in [0, 0.05) is 32.1 Å². The molecular weight excluding hydrogens is 834 g/mol. The Morgan fingerprint density at radius 2 is 1.55 bits per heavy atom. The second-order valence-corrected chi connectivity index (χ2v) is 17.3. The van der Waals surface area contributed by atoms with Gasteiger partial charge in [-0.1, -0.05) is 18.2 Å². The molecular formula is C45H45F3N10O6. The average molecular weight is 879 g/mol. The highest BCUT2D eigenvalue weighted by Gasteiger charge is 2.49. The second kappa shape index (κ2) is 16.2. The maximum atomic E-state index is 16.2. The summed E-state index contributed by atoms with van der Waals surface area (Å²) in [5, 5.41) is 2.16. The number of piperidine rings is 3. The zero-order valence-corrected chi connectivity index (χ0v) is 34.7. The van der Waals surface area contributed by atoms with Gasteiger partial charge in [0.2, 0.25) is 11.8 Å². The van der Waals surface area contributed by atoms with Crippen molar-refractivity contribution in [2.24, 2.45) is 5.92 Å². The number of hydrogen-bond donors (Lipinski definition) is 2. The number of anilines is 2. The van der Waals surface area contributed by atoms with Crippen LogP contribution in [0.25, 0.3) is 16.9 Å². The van der Waals surface area contributed by atoms with Gasteiger partial charge in [0.05, 0.1) is 29.0 Å².